The molecule has 0 radical (unpaired) electrons. The van der Waals surface area contributed by atoms with Gasteiger partial charge in [-0.2, -0.15) is 0 Å². The lowest BCUT2D eigenvalue weighted by Crippen LogP contribution is -2.34. The number of hydrogen-bond donors (Lipinski definition) is 1. The largest absolute Gasteiger partial charge is 0.418 e. The van der Waals surface area contributed by atoms with E-state index < -0.39 is 8.57 Å². The second kappa shape index (κ2) is 3.83. The van der Waals surface area contributed by atoms with E-state index in [2.05, 4.69) is 38.9 Å². The third kappa shape index (κ3) is 4.39. The zero-order chi connectivity index (χ0) is 7.44. The van der Waals surface area contributed by atoms with Gasteiger partial charge in [-0.1, -0.05) is 20.0 Å². The molecule has 0 saturated carbocycles. The van der Waals surface area contributed by atoms with Crippen molar-refractivity contribution in [3.63, 3.8) is 0 Å². The molecule has 2 heteroatoms. The van der Waals surface area contributed by atoms with Crippen LogP contribution in [-0.2, 0) is 0 Å². The molecule has 0 aliphatic heterocycles. The van der Waals surface area contributed by atoms with Crippen molar-refractivity contribution in [2.45, 2.75) is 39.3 Å². The molecule has 0 aromatic rings. The molecular formula is C7H17NSi. The first-order valence-electron chi connectivity index (χ1n) is 3.49. The highest BCUT2D eigenvalue weighted by Crippen LogP contribution is 1.97. The monoisotopic (exact) mass is 143 g/mol. The zero-order valence-corrected chi connectivity index (χ0v) is 7.86. The standard InChI is InChI=1S/C7H17NSi/c1-6(2)8-9(5)7(3)4/h6-8H,5H2,1-4H3. The van der Waals surface area contributed by atoms with Gasteiger partial charge in [0.05, 0.1) is 0 Å². The summed E-state index contributed by atoms with van der Waals surface area (Å²) in [4.78, 5) is 3.43. The molecule has 1 nitrogen and oxygen atoms in total. The van der Waals surface area contributed by atoms with E-state index in [1.54, 1.807) is 0 Å². The minimum atomic E-state index is -0.506. The van der Waals surface area contributed by atoms with Gasteiger partial charge >= 0.3 is 0 Å². The van der Waals surface area contributed by atoms with Gasteiger partial charge in [0, 0.05) is 6.04 Å². The maximum Gasteiger partial charge on any atom is 0.117 e. The van der Waals surface area contributed by atoms with Crippen LogP contribution < -0.4 is 4.98 Å². The van der Waals surface area contributed by atoms with Gasteiger partial charge in [-0.05, 0) is 19.4 Å². The van der Waals surface area contributed by atoms with E-state index in [9.17, 15) is 0 Å². The van der Waals surface area contributed by atoms with Crippen molar-refractivity contribution in [2.75, 3.05) is 0 Å². The molecule has 0 bridgehead atoms. The lowest BCUT2D eigenvalue weighted by atomic mass is 10.4. The van der Waals surface area contributed by atoms with Crippen LogP contribution in [-0.4, -0.2) is 20.8 Å². The van der Waals surface area contributed by atoms with Gasteiger partial charge in [-0.3, -0.25) is 0 Å². The van der Waals surface area contributed by atoms with Gasteiger partial charge in [0.2, 0.25) is 0 Å². The van der Waals surface area contributed by atoms with E-state index in [0.29, 0.717) is 6.04 Å². The van der Waals surface area contributed by atoms with Crippen LogP contribution in [0.1, 0.15) is 27.7 Å². The highest BCUT2D eigenvalue weighted by atomic mass is 28.2. The molecule has 0 aliphatic carbocycles. The Balaban J connectivity index is 3.51. The van der Waals surface area contributed by atoms with E-state index in [0.717, 1.165) is 5.54 Å². The Kier molecular flexibility index (Phi) is 3.78. The van der Waals surface area contributed by atoms with Crippen LogP contribution in [0.15, 0.2) is 0 Å². The molecule has 0 aliphatic rings. The molecule has 0 amide bonds. The smallest absolute Gasteiger partial charge is 0.117 e. The first kappa shape index (κ1) is 8.89. The number of hydrogen-bond acceptors (Lipinski definition) is 1. The maximum atomic E-state index is 4.07. The third-order valence-electron chi connectivity index (χ3n) is 1.17. The van der Waals surface area contributed by atoms with Gasteiger partial charge < -0.3 is 4.98 Å². The van der Waals surface area contributed by atoms with Crippen LogP contribution in [0.25, 0.3) is 0 Å². The fourth-order valence-electron chi connectivity index (χ4n) is 0.537. The number of nitrogens with one attached hydrogen (secondary N) is 1. The third-order valence-corrected chi connectivity index (χ3v) is 3.51. The molecule has 0 saturated heterocycles. The quantitative estimate of drug-likeness (QED) is 0.589. The lowest BCUT2D eigenvalue weighted by molar-refractivity contribution is 0.739. The molecule has 0 heterocycles. The Labute approximate surface area is 59.8 Å². The van der Waals surface area contributed by atoms with Crippen LogP contribution in [0.2, 0.25) is 5.54 Å². The molecule has 0 aromatic carbocycles. The van der Waals surface area contributed by atoms with Crippen molar-refractivity contribution in [1.82, 2.24) is 4.98 Å². The molecular weight excluding hydrogens is 126 g/mol. The maximum absolute atomic E-state index is 4.07. The summed E-state index contributed by atoms with van der Waals surface area (Å²) in [6.07, 6.45) is 4.07. The topological polar surface area (TPSA) is 12.0 Å². The van der Waals surface area contributed by atoms with Crippen LogP contribution in [0.5, 0.6) is 0 Å². The highest BCUT2D eigenvalue weighted by molar-refractivity contribution is 6.60. The molecule has 0 rings (SSSR count). The second-order valence-corrected chi connectivity index (χ2v) is 5.47. The zero-order valence-electron chi connectivity index (χ0n) is 6.86. The van der Waals surface area contributed by atoms with Gasteiger partial charge in [0.15, 0.2) is 0 Å². The van der Waals surface area contributed by atoms with Gasteiger partial charge in [0.25, 0.3) is 0 Å². The molecule has 1 N–H and O–H groups in total. The van der Waals surface area contributed by atoms with Crippen LogP contribution in [0, 0.1) is 0 Å². The van der Waals surface area contributed by atoms with Gasteiger partial charge in [-0.25, -0.2) is 0 Å². The minimum Gasteiger partial charge on any atom is -0.418 e. The van der Waals surface area contributed by atoms with Crippen molar-refractivity contribution >= 4 is 14.7 Å². The highest BCUT2D eigenvalue weighted by Gasteiger charge is 2.01. The molecule has 0 unspecified atom stereocenters. The second-order valence-electron chi connectivity index (χ2n) is 2.98. The fraction of sp³-hybridized carbons (Fsp3) is 0.857. The normalized spacial score (nSPS) is 10.4. The van der Waals surface area contributed by atoms with Crippen molar-refractivity contribution in [3.8, 4) is 0 Å². The molecule has 0 fully saturated rings. The first-order chi connectivity index (χ1) is 4.04. The van der Waals surface area contributed by atoms with Crippen molar-refractivity contribution in [2.24, 2.45) is 0 Å². The van der Waals surface area contributed by atoms with E-state index >= 15 is 0 Å². The fourth-order valence-corrected chi connectivity index (χ4v) is 1.61. The lowest BCUT2D eigenvalue weighted by Gasteiger charge is -2.13. The Hall–Kier alpha value is -0.113. The van der Waals surface area contributed by atoms with E-state index in [4.69, 9.17) is 0 Å². The van der Waals surface area contributed by atoms with Crippen LogP contribution >= 0.6 is 0 Å². The summed E-state index contributed by atoms with van der Waals surface area (Å²) in [5.41, 5.74) is 0.734. The summed E-state index contributed by atoms with van der Waals surface area (Å²) in [7, 11) is -0.506. The average Bonchev–Trinajstić information content (AvgIpc) is 1.63. The van der Waals surface area contributed by atoms with Crippen LogP contribution in [0.3, 0.4) is 0 Å². The summed E-state index contributed by atoms with van der Waals surface area (Å²) >= 11 is 0. The summed E-state index contributed by atoms with van der Waals surface area (Å²) in [6.45, 7) is 8.77. The molecule has 0 spiro atoms. The Morgan fingerprint density at radius 2 is 1.67 bits per heavy atom. The van der Waals surface area contributed by atoms with Gasteiger partial charge in [0.1, 0.15) is 8.57 Å². The summed E-state index contributed by atoms with van der Waals surface area (Å²) < 4.78 is 0. The molecule has 0 atom stereocenters. The number of rotatable bonds is 3. The summed E-state index contributed by atoms with van der Waals surface area (Å²) in [5.74, 6) is 0. The predicted octanol–water partition coefficient (Wildman–Crippen LogP) is 1.40. The molecule has 0 aromatic heterocycles. The summed E-state index contributed by atoms with van der Waals surface area (Å²) in [5, 5.41) is 0. The average molecular weight is 143 g/mol. The SMILES string of the molecule is C=[Si](NC(C)C)C(C)C. The van der Waals surface area contributed by atoms with Gasteiger partial charge in [-0.15, -0.1) is 0 Å². The minimum absolute atomic E-state index is 0.506. The first-order valence-corrected chi connectivity index (χ1v) is 5.27. The van der Waals surface area contributed by atoms with Crippen LogP contribution in [0.4, 0.5) is 0 Å². The van der Waals surface area contributed by atoms with E-state index in [-0.39, 0.29) is 0 Å². The van der Waals surface area contributed by atoms with Crippen molar-refractivity contribution < 1.29 is 0 Å². The molecule has 54 valence electrons. The Bertz CT molecular complexity index is 97.1. The van der Waals surface area contributed by atoms with E-state index in [1.165, 1.54) is 0 Å². The Morgan fingerprint density at radius 1 is 1.22 bits per heavy atom. The van der Waals surface area contributed by atoms with Crippen molar-refractivity contribution in [1.29, 1.82) is 0 Å². The summed E-state index contributed by atoms with van der Waals surface area (Å²) in [6, 6.07) is 0.596. The molecule has 9 heavy (non-hydrogen) atoms. The van der Waals surface area contributed by atoms with E-state index in [1.807, 2.05) is 0 Å². The predicted molar refractivity (Wildman–Crippen MR) is 46.2 cm³/mol. The Morgan fingerprint density at radius 3 is 1.78 bits per heavy atom. The van der Waals surface area contributed by atoms with Crippen molar-refractivity contribution in [3.05, 3.63) is 0 Å².